The zero-order chi connectivity index (χ0) is 13.3. The molecule has 0 aliphatic rings. The lowest BCUT2D eigenvalue weighted by Crippen LogP contribution is -1.98. The first-order chi connectivity index (χ1) is 8.54. The molecule has 1 aromatic heterocycles. The molecule has 0 aliphatic carbocycles. The molecule has 0 bridgehead atoms. The third kappa shape index (κ3) is 1.95. The van der Waals surface area contributed by atoms with Gasteiger partial charge < -0.3 is 9.84 Å². The summed E-state index contributed by atoms with van der Waals surface area (Å²) in [5, 5.41) is 13.2. The molecule has 94 valence electrons. The molecule has 1 N–H and O–H groups in total. The van der Waals surface area contributed by atoms with Gasteiger partial charge in [-0.15, -0.1) is 0 Å². The van der Waals surface area contributed by atoms with Crippen LogP contribution in [0.4, 0.5) is 0 Å². The number of rotatable bonds is 3. The van der Waals surface area contributed by atoms with Gasteiger partial charge in [0, 0.05) is 23.9 Å². The van der Waals surface area contributed by atoms with E-state index < -0.39 is 5.97 Å². The van der Waals surface area contributed by atoms with Gasteiger partial charge in [0.1, 0.15) is 5.75 Å². The average molecular weight is 246 g/mol. The van der Waals surface area contributed by atoms with E-state index in [1.165, 1.54) is 6.07 Å². The lowest BCUT2D eigenvalue weighted by Gasteiger charge is -2.09. The second-order valence-electron chi connectivity index (χ2n) is 3.99. The SMILES string of the molecule is COc1ccc(C(=O)O)cc1-c1cnn(C)c1C. The van der Waals surface area contributed by atoms with Crippen molar-refractivity contribution in [1.29, 1.82) is 0 Å². The van der Waals surface area contributed by atoms with E-state index in [0.29, 0.717) is 5.75 Å². The summed E-state index contributed by atoms with van der Waals surface area (Å²) >= 11 is 0. The van der Waals surface area contributed by atoms with Crippen molar-refractivity contribution in [3.63, 3.8) is 0 Å². The minimum atomic E-state index is -0.958. The Morgan fingerprint density at radius 3 is 2.61 bits per heavy atom. The Hall–Kier alpha value is -2.30. The van der Waals surface area contributed by atoms with Gasteiger partial charge in [-0.3, -0.25) is 4.68 Å². The van der Waals surface area contributed by atoms with E-state index in [1.54, 1.807) is 30.1 Å². The van der Waals surface area contributed by atoms with Gasteiger partial charge in [0.2, 0.25) is 0 Å². The number of carboxylic acids is 1. The molecule has 0 radical (unpaired) electrons. The van der Waals surface area contributed by atoms with Crippen LogP contribution >= 0.6 is 0 Å². The number of benzene rings is 1. The fraction of sp³-hybridized carbons (Fsp3) is 0.231. The van der Waals surface area contributed by atoms with E-state index in [2.05, 4.69) is 5.10 Å². The summed E-state index contributed by atoms with van der Waals surface area (Å²) in [5.41, 5.74) is 2.80. The maximum absolute atomic E-state index is 11.0. The van der Waals surface area contributed by atoms with Crippen molar-refractivity contribution in [2.45, 2.75) is 6.92 Å². The van der Waals surface area contributed by atoms with E-state index in [9.17, 15) is 4.79 Å². The Morgan fingerprint density at radius 2 is 2.11 bits per heavy atom. The summed E-state index contributed by atoms with van der Waals surface area (Å²) in [6, 6.07) is 4.78. The van der Waals surface area contributed by atoms with Gasteiger partial charge in [-0.1, -0.05) is 0 Å². The van der Waals surface area contributed by atoms with Crippen molar-refractivity contribution in [1.82, 2.24) is 9.78 Å². The highest BCUT2D eigenvalue weighted by Gasteiger charge is 2.14. The zero-order valence-corrected chi connectivity index (χ0v) is 10.5. The lowest BCUT2D eigenvalue weighted by molar-refractivity contribution is 0.0697. The highest BCUT2D eigenvalue weighted by atomic mass is 16.5. The second-order valence-corrected chi connectivity index (χ2v) is 3.99. The van der Waals surface area contributed by atoms with Gasteiger partial charge in [0.25, 0.3) is 0 Å². The first kappa shape index (κ1) is 12.2. The molecule has 5 heteroatoms. The summed E-state index contributed by atoms with van der Waals surface area (Å²) in [6.07, 6.45) is 1.71. The minimum absolute atomic E-state index is 0.231. The molecule has 0 spiro atoms. The van der Waals surface area contributed by atoms with Crippen molar-refractivity contribution < 1.29 is 14.6 Å². The van der Waals surface area contributed by atoms with Crippen LogP contribution in [0.15, 0.2) is 24.4 Å². The molecule has 0 amide bonds. The van der Waals surface area contributed by atoms with Gasteiger partial charge in [-0.25, -0.2) is 4.79 Å². The van der Waals surface area contributed by atoms with Crippen LogP contribution < -0.4 is 4.74 Å². The third-order valence-corrected chi connectivity index (χ3v) is 2.97. The highest BCUT2D eigenvalue weighted by Crippen LogP contribution is 2.32. The Balaban J connectivity index is 2.64. The average Bonchev–Trinajstić information content (AvgIpc) is 2.69. The second kappa shape index (κ2) is 4.52. The van der Waals surface area contributed by atoms with Gasteiger partial charge >= 0.3 is 5.97 Å². The Kier molecular flexibility index (Phi) is 3.06. The van der Waals surface area contributed by atoms with Crippen LogP contribution in [0.2, 0.25) is 0 Å². The number of hydrogen-bond donors (Lipinski definition) is 1. The molecule has 0 atom stereocenters. The normalized spacial score (nSPS) is 10.4. The van der Waals surface area contributed by atoms with E-state index >= 15 is 0 Å². The number of methoxy groups -OCH3 is 1. The Labute approximate surface area is 105 Å². The number of nitrogens with zero attached hydrogens (tertiary/aromatic N) is 2. The standard InChI is InChI=1S/C13H14N2O3/c1-8-11(7-14-15(8)2)10-6-9(13(16)17)4-5-12(10)18-3/h4-7H,1-3H3,(H,16,17). The van der Waals surface area contributed by atoms with Gasteiger partial charge in [0.05, 0.1) is 18.9 Å². The number of carboxylic acid groups (broad SMARTS) is 1. The number of aromatic carboxylic acids is 1. The van der Waals surface area contributed by atoms with Crippen LogP contribution in [-0.4, -0.2) is 28.0 Å². The molecular weight excluding hydrogens is 232 g/mol. The molecule has 2 aromatic rings. The monoisotopic (exact) mass is 246 g/mol. The summed E-state index contributed by atoms with van der Waals surface area (Å²) in [6.45, 7) is 1.93. The first-order valence-electron chi connectivity index (χ1n) is 5.45. The summed E-state index contributed by atoms with van der Waals surface area (Å²) in [7, 11) is 3.40. The Bertz CT molecular complexity index is 602. The van der Waals surface area contributed by atoms with E-state index in [0.717, 1.165) is 16.8 Å². The maximum atomic E-state index is 11.0. The van der Waals surface area contributed by atoms with E-state index in [4.69, 9.17) is 9.84 Å². The molecule has 2 rings (SSSR count). The number of ether oxygens (including phenoxy) is 1. The topological polar surface area (TPSA) is 64.3 Å². The largest absolute Gasteiger partial charge is 0.496 e. The minimum Gasteiger partial charge on any atom is -0.496 e. The van der Waals surface area contributed by atoms with E-state index in [1.807, 2.05) is 14.0 Å². The predicted octanol–water partition coefficient (Wildman–Crippen LogP) is 2.10. The zero-order valence-electron chi connectivity index (χ0n) is 10.5. The van der Waals surface area contributed by atoms with Crippen LogP contribution in [0.3, 0.4) is 0 Å². The van der Waals surface area contributed by atoms with Crippen LogP contribution in [0, 0.1) is 6.92 Å². The third-order valence-electron chi connectivity index (χ3n) is 2.97. The smallest absolute Gasteiger partial charge is 0.335 e. The highest BCUT2D eigenvalue weighted by molar-refractivity contribution is 5.90. The van der Waals surface area contributed by atoms with E-state index in [-0.39, 0.29) is 5.56 Å². The van der Waals surface area contributed by atoms with Crippen molar-refractivity contribution >= 4 is 5.97 Å². The first-order valence-corrected chi connectivity index (χ1v) is 5.45. The van der Waals surface area contributed by atoms with Crippen molar-refractivity contribution in [2.24, 2.45) is 7.05 Å². The summed E-state index contributed by atoms with van der Waals surface area (Å²) in [5.74, 6) is -0.323. The molecule has 1 heterocycles. The molecule has 0 unspecified atom stereocenters. The molecule has 0 aliphatic heterocycles. The predicted molar refractivity (Wildman–Crippen MR) is 66.9 cm³/mol. The molecule has 0 fully saturated rings. The molecule has 0 saturated heterocycles. The quantitative estimate of drug-likeness (QED) is 0.900. The molecule has 0 saturated carbocycles. The number of aryl methyl sites for hydroxylation is 1. The van der Waals surface area contributed by atoms with Crippen LogP contribution in [0.1, 0.15) is 16.1 Å². The fourth-order valence-corrected chi connectivity index (χ4v) is 1.81. The van der Waals surface area contributed by atoms with Gasteiger partial charge in [0.15, 0.2) is 0 Å². The number of carbonyl (C=O) groups is 1. The summed E-state index contributed by atoms with van der Waals surface area (Å²) < 4.78 is 7.01. The van der Waals surface area contributed by atoms with Crippen molar-refractivity contribution in [2.75, 3.05) is 7.11 Å². The maximum Gasteiger partial charge on any atom is 0.335 e. The van der Waals surface area contributed by atoms with Crippen molar-refractivity contribution in [3.05, 3.63) is 35.7 Å². The number of hydrogen-bond acceptors (Lipinski definition) is 3. The van der Waals surface area contributed by atoms with Crippen LogP contribution in [-0.2, 0) is 7.05 Å². The molecule has 5 nitrogen and oxygen atoms in total. The molecule has 18 heavy (non-hydrogen) atoms. The lowest BCUT2D eigenvalue weighted by atomic mass is 10.0. The molecule has 1 aromatic carbocycles. The summed E-state index contributed by atoms with van der Waals surface area (Å²) in [4.78, 5) is 11.0. The molecular formula is C13H14N2O3. The number of aromatic nitrogens is 2. The van der Waals surface area contributed by atoms with Gasteiger partial charge in [-0.2, -0.15) is 5.10 Å². The van der Waals surface area contributed by atoms with Crippen LogP contribution in [0.5, 0.6) is 5.75 Å². The fourth-order valence-electron chi connectivity index (χ4n) is 1.81. The Morgan fingerprint density at radius 1 is 1.39 bits per heavy atom. The van der Waals surface area contributed by atoms with Gasteiger partial charge in [-0.05, 0) is 25.1 Å². The van der Waals surface area contributed by atoms with Crippen LogP contribution in [0.25, 0.3) is 11.1 Å². The van der Waals surface area contributed by atoms with Crippen molar-refractivity contribution in [3.8, 4) is 16.9 Å².